The molecule has 0 saturated heterocycles. The molecule has 0 aliphatic heterocycles. The summed E-state index contributed by atoms with van der Waals surface area (Å²) in [6.45, 7) is 0.647. The fraction of sp³-hybridized carbons (Fsp3) is 0.0625. The van der Waals surface area contributed by atoms with Crippen molar-refractivity contribution in [3.8, 4) is 6.07 Å². The molecule has 98 valence electrons. The van der Waals surface area contributed by atoms with Crippen molar-refractivity contribution in [2.75, 3.05) is 0 Å². The van der Waals surface area contributed by atoms with Crippen molar-refractivity contribution in [1.29, 1.82) is 5.26 Å². The predicted molar refractivity (Wildman–Crippen MR) is 82.2 cm³/mol. The van der Waals surface area contributed by atoms with E-state index >= 15 is 0 Å². The van der Waals surface area contributed by atoms with Crippen LogP contribution in [0.25, 0.3) is 10.9 Å². The van der Waals surface area contributed by atoms with Crippen LogP contribution >= 0.6 is 23.2 Å². The molecule has 3 aromatic rings. The van der Waals surface area contributed by atoms with Crippen molar-refractivity contribution in [3.63, 3.8) is 0 Å². The fourth-order valence-corrected chi connectivity index (χ4v) is 2.69. The van der Waals surface area contributed by atoms with E-state index in [4.69, 9.17) is 28.5 Å². The SMILES string of the molecule is N#Cc1ccc2ccn(Cc3ccc(Cl)cc3Cl)c2c1. The smallest absolute Gasteiger partial charge is 0.0992 e. The van der Waals surface area contributed by atoms with Crippen molar-refractivity contribution in [3.05, 3.63) is 69.8 Å². The molecule has 0 fully saturated rings. The fourth-order valence-electron chi connectivity index (χ4n) is 2.22. The van der Waals surface area contributed by atoms with Crippen LogP contribution in [0, 0.1) is 11.3 Å². The lowest BCUT2D eigenvalue weighted by molar-refractivity contribution is 0.837. The Kier molecular flexibility index (Phi) is 3.40. The van der Waals surface area contributed by atoms with Gasteiger partial charge in [-0.1, -0.05) is 35.3 Å². The summed E-state index contributed by atoms with van der Waals surface area (Å²) in [5.41, 5.74) is 2.67. The van der Waals surface area contributed by atoms with Crippen LogP contribution in [0.4, 0.5) is 0 Å². The maximum atomic E-state index is 8.99. The van der Waals surface area contributed by atoms with E-state index in [0.717, 1.165) is 16.5 Å². The third-order valence-electron chi connectivity index (χ3n) is 3.26. The van der Waals surface area contributed by atoms with E-state index in [2.05, 4.69) is 10.6 Å². The number of benzene rings is 2. The van der Waals surface area contributed by atoms with Crippen LogP contribution in [0.3, 0.4) is 0 Å². The minimum absolute atomic E-state index is 0.628. The van der Waals surface area contributed by atoms with Crippen molar-refractivity contribution < 1.29 is 0 Å². The Bertz CT molecular complexity index is 828. The second-order valence-electron chi connectivity index (χ2n) is 4.56. The first-order valence-corrected chi connectivity index (χ1v) is 6.86. The third kappa shape index (κ3) is 2.38. The molecule has 0 aliphatic rings. The first kappa shape index (κ1) is 13.1. The summed E-state index contributed by atoms with van der Waals surface area (Å²) in [5.74, 6) is 0. The van der Waals surface area contributed by atoms with Gasteiger partial charge in [0.1, 0.15) is 0 Å². The monoisotopic (exact) mass is 300 g/mol. The molecule has 0 bridgehead atoms. The number of nitrogens with zero attached hydrogens (tertiary/aromatic N) is 2. The summed E-state index contributed by atoms with van der Waals surface area (Å²) in [6, 6.07) is 15.3. The summed E-state index contributed by atoms with van der Waals surface area (Å²) in [6.07, 6.45) is 2.00. The van der Waals surface area contributed by atoms with Crippen LogP contribution in [0.1, 0.15) is 11.1 Å². The van der Waals surface area contributed by atoms with E-state index in [1.54, 1.807) is 6.07 Å². The van der Waals surface area contributed by atoms with E-state index in [0.29, 0.717) is 22.2 Å². The van der Waals surface area contributed by atoms with E-state index < -0.39 is 0 Å². The summed E-state index contributed by atoms with van der Waals surface area (Å²) in [4.78, 5) is 0. The lowest BCUT2D eigenvalue weighted by Gasteiger charge is -2.08. The Labute approximate surface area is 126 Å². The molecular formula is C16H10Cl2N2. The molecule has 2 nitrogen and oxygen atoms in total. The van der Waals surface area contributed by atoms with Crippen molar-refractivity contribution >= 4 is 34.1 Å². The van der Waals surface area contributed by atoms with Gasteiger partial charge in [-0.05, 0) is 41.3 Å². The van der Waals surface area contributed by atoms with Crippen LogP contribution < -0.4 is 0 Å². The first-order chi connectivity index (χ1) is 9.67. The summed E-state index contributed by atoms with van der Waals surface area (Å²) >= 11 is 12.1. The molecule has 4 heteroatoms. The second kappa shape index (κ2) is 5.20. The number of hydrogen-bond donors (Lipinski definition) is 0. The Morgan fingerprint density at radius 1 is 1.05 bits per heavy atom. The maximum absolute atomic E-state index is 8.99. The zero-order valence-corrected chi connectivity index (χ0v) is 12.0. The number of fused-ring (bicyclic) bond motifs is 1. The number of rotatable bonds is 2. The van der Waals surface area contributed by atoms with Gasteiger partial charge in [-0.15, -0.1) is 0 Å². The molecule has 2 aromatic carbocycles. The molecular weight excluding hydrogens is 291 g/mol. The van der Waals surface area contributed by atoms with Crippen molar-refractivity contribution in [1.82, 2.24) is 4.57 Å². The van der Waals surface area contributed by atoms with Crippen molar-refractivity contribution in [2.24, 2.45) is 0 Å². The third-order valence-corrected chi connectivity index (χ3v) is 3.85. The van der Waals surface area contributed by atoms with Crippen LogP contribution in [0.15, 0.2) is 48.7 Å². The molecule has 0 atom stereocenters. The number of hydrogen-bond acceptors (Lipinski definition) is 1. The van der Waals surface area contributed by atoms with Crippen LogP contribution in [-0.4, -0.2) is 4.57 Å². The molecule has 0 aliphatic carbocycles. The van der Waals surface area contributed by atoms with Crippen LogP contribution in [0.5, 0.6) is 0 Å². The standard InChI is InChI=1S/C16H10Cl2N2/c17-14-4-3-13(15(18)8-14)10-20-6-5-12-2-1-11(9-19)7-16(12)20/h1-8H,10H2. The molecule has 0 spiro atoms. The van der Waals surface area contributed by atoms with Gasteiger partial charge in [-0.3, -0.25) is 0 Å². The highest BCUT2D eigenvalue weighted by Crippen LogP contribution is 2.24. The first-order valence-electron chi connectivity index (χ1n) is 6.10. The van der Waals surface area contributed by atoms with Crippen LogP contribution in [0.2, 0.25) is 10.0 Å². The normalized spacial score (nSPS) is 10.7. The van der Waals surface area contributed by atoms with E-state index in [-0.39, 0.29) is 0 Å². The molecule has 20 heavy (non-hydrogen) atoms. The Morgan fingerprint density at radius 2 is 1.90 bits per heavy atom. The van der Waals surface area contributed by atoms with Gasteiger partial charge in [0.05, 0.1) is 11.6 Å². The highest BCUT2D eigenvalue weighted by Gasteiger charge is 2.06. The maximum Gasteiger partial charge on any atom is 0.0992 e. The quantitative estimate of drug-likeness (QED) is 0.664. The molecule has 1 heterocycles. The molecule has 0 saturated carbocycles. The van der Waals surface area contributed by atoms with E-state index in [1.807, 2.05) is 42.6 Å². The lowest BCUT2D eigenvalue weighted by atomic mass is 10.2. The number of halogens is 2. The highest BCUT2D eigenvalue weighted by atomic mass is 35.5. The van der Waals surface area contributed by atoms with E-state index in [1.165, 1.54) is 0 Å². The van der Waals surface area contributed by atoms with Gasteiger partial charge in [0.25, 0.3) is 0 Å². The average molecular weight is 301 g/mol. The highest BCUT2D eigenvalue weighted by molar-refractivity contribution is 6.35. The van der Waals surface area contributed by atoms with Crippen molar-refractivity contribution in [2.45, 2.75) is 6.54 Å². The number of nitriles is 1. The minimum Gasteiger partial charge on any atom is -0.343 e. The topological polar surface area (TPSA) is 28.7 Å². The van der Waals surface area contributed by atoms with E-state index in [9.17, 15) is 0 Å². The van der Waals surface area contributed by atoms with Gasteiger partial charge in [-0.2, -0.15) is 5.26 Å². The van der Waals surface area contributed by atoms with Gasteiger partial charge in [-0.25, -0.2) is 0 Å². The largest absolute Gasteiger partial charge is 0.343 e. The second-order valence-corrected chi connectivity index (χ2v) is 5.41. The summed E-state index contributed by atoms with van der Waals surface area (Å²) < 4.78 is 2.07. The molecule has 0 N–H and O–H groups in total. The van der Waals surface area contributed by atoms with Gasteiger partial charge < -0.3 is 4.57 Å². The van der Waals surface area contributed by atoms with Crippen LogP contribution in [-0.2, 0) is 6.54 Å². The summed E-state index contributed by atoms with van der Waals surface area (Å²) in [5, 5.41) is 11.4. The Morgan fingerprint density at radius 3 is 2.65 bits per heavy atom. The van der Waals surface area contributed by atoms with Gasteiger partial charge in [0.15, 0.2) is 0 Å². The molecule has 1 aromatic heterocycles. The van der Waals surface area contributed by atoms with Gasteiger partial charge >= 0.3 is 0 Å². The van der Waals surface area contributed by atoms with Gasteiger partial charge in [0, 0.05) is 28.3 Å². The average Bonchev–Trinajstić information content (AvgIpc) is 2.84. The predicted octanol–water partition coefficient (Wildman–Crippen LogP) is 4.87. The molecule has 0 amide bonds. The molecule has 3 rings (SSSR count). The lowest BCUT2D eigenvalue weighted by Crippen LogP contribution is -1.98. The molecule has 0 unspecified atom stereocenters. The minimum atomic E-state index is 0.628. The molecule has 0 radical (unpaired) electrons. The Hall–Kier alpha value is -1.95. The summed E-state index contributed by atoms with van der Waals surface area (Å²) in [7, 11) is 0. The zero-order valence-electron chi connectivity index (χ0n) is 10.5. The Balaban J connectivity index is 2.04. The van der Waals surface area contributed by atoms with Gasteiger partial charge in [0.2, 0.25) is 0 Å². The number of aromatic nitrogens is 1. The zero-order chi connectivity index (χ0) is 14.1.